The zero-order valence-electron chi connectivity index (χ0n) is 6.82. The third-order valence-corrected chi connectivity index (χ3v) is 1.62. The molecule has 0 saturated heterocycles. The lowest BCUT2D eigenvalue weighted by molar-refractivity contribution is -0.105. The van der Waals surface area contributed by atoms with Crippen molar-refractivity contribution in [3.8, 4) is 0 Å². The first-order valence-electron chi connectivity index (χ1n) is 3.72. The van der Waals surface area contributed by atoms with Crippen molar-refractivity contribution in [3.05, 3.63) is 29.8 Å². The molecule has 64 valence electrons. The number of carbonyl (C=O) groups excluding carboxylic acids is 1. The lowest BCUT2D eigenvalue weighted by Crippen LogP contribution is -1.95. The molecule has 0 spiro atoms. The van der Waals surface area contributed by atoms with E-state index in [0.29, 0.717) is 6.41 Å². The summed E-state index contributed by atoms with van der Waals surface area (Å²) in [5.41, 5.74) is 1.57. The fourth-order valence-electron chi connectivity index (χ4n) is 0.926. The van der Waals surface area contributed by atoms with Crippen LogP contribution in [-0.2, 0) is 4.79 Å². The van der Waals surface area contributed by atoms with Crippen molar-refractivity contribution in [3.63, 3.8) is 0 Å². The number of anilines is 1. The van der Waals surface area contributed by atoms with Crippen LogP contribution in [0, 0.1) is 0 Å². The first-order valence-corrected chi connectivity index (χ1v) is 3.72. The quantitative estimate of drug-likeness (QED) is 0.663. The van der Waals surface area contributed by atoms with E-state index in [1.165, 1.54) is 0 Å². The number of benzene rings is 1. The van der Waals surface area contributed by atoms with Crippen LogP contribution in [0.15, 0.2) is 24.3 Å². The summed E-state index contributed by atoms with van der Waals surface area (Å²) >= 11 is 0. The highest BCUT2D eigenvalue weighted by Crippen LogP contribution is 2.14. The molecule has 3 nitrogen and oxygen atoms in total. The fourth-order valence-corrected chi connectivity index (χ4v) is 0.926. The number of amides is 1. The third kappa shape index (κ3) is 2.07. The van der Waals surface area contributed by atoms with Crippen molar-refractivity contribution in [2.75, 3.05) is 5.32 Å². The van der Waals surface area contributed by atoms with Gasteiger partial charge in [-0.2, -0.15) is 0 Å². The highest BCUT2D eigenvalue weighted by molar-refractivity contribution is 5.71. The lowest BCUT2D eigenvalue weighted by Gasteiger charge is -2.04. The summed E-state index contributed by atoms with van der Waals surface area (Å²) in [6, 6.07) is 7.04. The van der Waals surface area contributed by atoms with E-state index in [9.17, 15) is 4.79 Å². The van der Waals surface area contributed by atoms with E-state index in [-0.39, 0.29) is 0 Å². The normalized spacial score (nSPS) is 12.2. The zero-order valence-corrected chi connectivity index (χ0v) is 6.82. The molecule has 0 fully saturated rings. The van der Waals surface area contributed by atoms with Gasteiger partial charge < -0.3 is 10.4 Å². The van der Waals surface area contributed by atoms with E-state index >= 15 is 0 Å². The molecule has 0 aliphatic heterocycles. The van der Waals surface area contributed by atoms with Crippen molar-refractivity contribution in [1.29, 1.82) is 0 Å². The minimum Gasteiger partial charge on any atom is -0.389 e. The van der Waals surface area contributed by atoms with Gasteiger partial charge in [0.1, 0.15) is 0 Å². The van der Waals surface area contributed by atoms with Gasteiger partial charge >= 0.3 is 0 Å². The van der Waals surface area contributed by atoms with Gasteiger partial charge in [-0.15, -0.1) is 0 Å². The molecule has 1 rings (SSSR count). The summed E-state index contributed by atoms with van der Waals surface area (Å²) in [6.07, 6.45) is 0.160. The maximum Gasteiger partial charge on any atom is 0.211 e. The molecule has 1 amide bonds. The molecule has 1 aromatic carbocycles. The van der Waals surface area contributed by atoms with Crippen LogP contribution in [0.3, 0.4) is 0 Å². The first-order chi connectivity index (χ1) is 5.74. The minimum absolute atomic E-state index is 0.463. The average molecular weight is 165 g/mol. The molecule has 0 aliphatic rings. The van der Waals surface area contributed by atoms with Crippen LogP contribution in [0.1, 0.15) is 18.6 Å². The summed E-state index contributed by atoms with van der Waals surface area (Å²) in [6.45, 7) is 1.70. The predicted molar refractivity (Wildman–Crippen MR) is 46.8 cm³/mol. The van der Waals surface area contributed by atoms with Gasteiger partial charge in [0.15, 0.2) is 0 Å². The summed E-state index contributed by atoms with van der Waals surface area (Å²) in [7, 11) is 0. The van der Waals surface area contributed by atoms with E-state index < -0.39 is 6.10 Å². The number of hydrogen-bond acceptors (Lipinski definition) is 2. The lowest BCUT2D eigenvalue weighted by atomic mass is 10.1. The Hall–Kier alpha value is -1.35. The first kappa shape index (κ1) is 8.74. The second kappa shape index (κ2) is 3.88. The van der Waals surface area contributed by atoms with E-state index in [2.05, 4.69) is 5.32 Å². The molecule has 1 atom stereocenters. The monoisotopic (exact) mass is 165 g/mol. The smallest absolute Gasteiger partial charge is 0.211 e. The molecule has 0 heterocycles. The van der Waals surface area contributed by atoms with Crippen LogP contribution in [0.4, 0.5) is 5.69 Å². The Morgan fingerprint density at radius 3 is 2.42 bits per heavy atom. The number of aliphatic hydroxyl groups excluding tert-OH is 1. The molecule has 0 bridgehead atoms. The van der Waals surface area contributed by atoms with Gasteiger partial charge in [-0.3, -0.25) is 4.79 Å². The molecule has 2 N–H and O–H groups in total. The number of hydrogen-bond donors (Lipinski definition) is 2. The van der Waals surface area contributed by atoms with Crippen LogP contribution in [0.25, 0.3) is 0 Å². The van der Waals surface area contributed by atoms with E-state index in [1.54, 1.807) is 31.2 Å². The molecule has 12 heavy (non-hydrogen) atoms. The summed E-state index contributed by atoms with van der Waals surface area (Å²) < 4.78 is 0. The highest BCUT2D eigenvalue weighted by atomic mass is 16.3. The molecule has 0 aromatic heterocycles. The van der Waals surface area contributed by atoms with Crippen molar-refractivity contribution >= 4 is 12.1 Å². The number of rotatable bonds is 3. The molecule has 0 saturated carbocycles. The van der Waals surface area contributed by atoms with Gasteiger partial charge in [-0.05, 0) is 24.6 Å². The Kier molecular flexibility index (Phi) is 2.82. The number of nitrogens with one attached hydrogen (secondary N) is 1. The van der Waals surface area contributed by atoms with Crippen molar-refractivity contribution in [1.82, 2.24) is 0 Å². The predicted octanol–water partition coefficient (Wildman–Crippen LogP) is 1.31. The van der Waals surface area contributed by atoms with E-state index in [0.717, 1.165) is 11.3 Å². The van der Waals surface area contributed by atoms with E-state index in [4.69, 9.17) is 5.11 Å². The highest BCUT2D eigenvalue weighted by Gasteiger charge is 1.98. The van der Waals surface area contributed by atoms with E-state index in [1.807, 2.05) is 0 Å². The Morgan fingerprint density at radius 1 is 1.42 bits per heavy atom. The SMILES string of the molecule is C[C@@H](O)c1ccc(NC=O)cc1. The average Bonchev–Trinajstić information content (AvgIpc) is 2.06. The second-order valence-electron chi connectivity index (χ2n) is 2.56. The van der Waals surface area contributed by atoms with Gasteiger partial charge in [0.2, 0.25) is 6.41 Å². The third-order valence-electron chi connectivity index (χ3n) is 1.62. The Balaban J connectivity index is 2.78. The van der Waals surface area contributed by atoms with Crippen molar-refractivity contribution in [2.45, 2.75) is 13.0 Å². The van der Waals surface area contributed by atoms with Crippen molar-refractivity contribution < 1.29 is 9.90 Å². The van der Waals surface area contributed by atoms with Crippen LogP contribution in [-0.4, -0.2) is 11.5 Å². The molecule has 0 aliphatic carbocycles. The maximum atomic E-state index is 10.0. The van der Waals surface area contributed by atoms with Gasteiger partial charge in [0.25, 0.3) is 0 Å². The second-order valence-corrected chi connectivity index (χ2v) is 2.56. The largest absolute Gasteiger partial charge is 0.389 e. The molecular weight excluding hydrogens is 154 g/mol. The number of aliphatic hydroxyl groups is 1. The van der Waals surface area contributed by atoms with Crippen LogP contribution >= 0.6 is 0 Å². The van der Waals surface area contributed by atoms with Gasteiger partial charge in [0.05, 0.1) is 6.10 Å². The van der Waals surface area contributed by atoms with Crippen LogP contribution < -0.4 is 5.32 Å². The van der Waals surface area contributed by atoms with Gasteiger partial charge in [0, 0.05) is 5.69 Å². The van der Waals surface area contributed by atoms with Crippen molar-refractivity contribution in [2.24, 2.45) is 0 Å². The summed E-state index contributed by atoms with van der Waals surface area (Å²) in [5.74, 6) is 0. The Labute approximate surface area is 71.0 Å². The fraction of sp³-hybridized carbons (Fsp3) is 0.222. The molecule has 3 heteroatoms. The number of carbonyl (C=O) groups is 1. The molecule has 0 radical (unpaired) electrons. The van der Waals surface area contributed by atoms with Gasteiger partial charge in [-0.25, -0.2) is 0 Å². The molecular formula is C9H11NO2. The Morgan fingerprint density at radius 2 is 2.00 bits per heavy atom. The molecule has 0 unspecified atom stereocenters. The Bertz CT molecular complexity index is 254. The van der Waals surface area contributed by atoms with Crippen LogP contribution in [0.2, 0.25) is 0 Å². The zero-order chi connectivity index (χ0) is 8.97. The minimum atomic E-state index is -0.463. The van der Waals surface area contributed by atoms with Crippen LogP contribution in [0.5, 0.6) is 0 Å². The topological polar surface area (TPSA) is 49.3 Å². The standard InChI is InChI=1S/C9H11NO2/c1-7(12)8-2-4-9(5-3-8)10-6-11/h2-7,12H,1H3,(H,10,11)/t7-/m1/s1. The summed E-state index contributed by atoms with van der Waals surface area (Å²) in [4.78, 5) is 10.0. The molecule has 1 aromatic rings. The maximum absolute atomic E-state index is 10.0. The van der Waals surface area contributed by atoms with Gasteiger partial charge in [-0.1, -0.05) is 12.1 Å². The summed E-state index contributed by atoms with van der Waals surface area (Å²) in [5, 5.41) is 11.7.